The van der Waals surface area contributed by atoms with Gasteiger partial charge in [-0.2, -0.15) is 0 Å². The third-order valence-electron chi connectivity index (χ3n) is 5.34. The van der Waals surface area contributed by atoms with E-state index in [0.29, 0.717) is 17.4 Å². The number of carbonyl (C=O) groups is 1. The summed E-state index contributed by atoms with van der Waals surface area (Å²) in [6.07, 6.45) is 5.18. The molecule has 0 aliphatic heterocycles. The van der Waals surface area contributed by atoms with Crippen molar-refractivity contribution < 1.29 is 9.72 Å². The van der Waals surface area contributed by atoms with Gasteiger partial charge in [0.2, 0.25) is 0 Å². The molecule has 0 spiro atoms. The largest absolute Gasteiger partial charge is 0.349 e. The zero-order valence-corrected chi connectivity index (χ0v) is 13.3. The molecule has 6 heteroatoms. The van der Waals surface area contributed by atoms with Gasteiger partial charge in [0.25, 0.3) is 11.6 Å². The van der Waals surface area contributed by atoms with E-state index in [0.717, 1.165) is 25.7 Å². The Kier molecular flexibility index (Phi) is 4.35. The second-order valence-electron chi connectivity index (χ2n) is 6.91. The maximum atomic E-state index is 12.7. The molecule has 2 aliphatic carbocycles. The normalized spacial score (nSPS) is 29.8. The van der Waals surface area contributed by atoms with Crippen LogP contribution in [0.5, 0.6) is 0 Å². The molecule has 1 aromatic rings. The Labute approximate surface area is 135 Å². The highest BCUT2D eigenvalue weighted by Crippen LogP contribution is 2.40. The number of carbonyl (C=O) groups excluding carboxylic acids is 1. The number of hydrogen-bond acceptors (Lipinski definition) is 4. The van der Waals surface area contributed by atoms with E-state index in [4.69, 9.17) is 5.73 Å². The molecule has 0 radical (unpaired) electrons. The number of nitrogens with one attached hydrogen (secondary N) is 1. The molecular formula is C17H23N3O3. The topological polar surface area (TPSA) is 98.3 Å². The predicted octanol–water partition coefficient (Wildman–Crippen LogP) is 2.54. The van der Waals surface area contributed by atoms with E-state index in [-0.39, 0.29) is 29.2 Å². The molecule has 6 nitrogen and oxygen atoms in total. The molecule has 2 bridgehead atoms. The van der Waals surface area contributed by atoms with E-state index < -0.39 is 4.92 Å². The van der Waals surface area contributed by atoms with E-state index in [1.165, 1.54) is 12.5 Å². The third kappa shape index (κ3) is 3.08. The van der Waals surface area contributed by atoms with Crippen molar-refractivity contribution in [1.82, 2.24) is 5.32 Å². The summed E-state index contributed by atoms with van der Waals surface area (Å²) >= 11 is 0. The van der Waals surface area contributed by atoms with Gasteiger partial charge < -0.3 is 11.1 Å². The zero-order valence-electron chi connectivity index (χ0n) is 13.3. The number of nitrogens with zero attached hydrogens (tertiary/aromatic N) is 1. The zero-order chi connectivity index (χ0) is 16.6. The summed E-state index contributed by atoms with van der Waals surface area (Å²) < 4.78 is 0. The fraction of sp³-hybridized carbons (Fsp3) is 0.588. The minimum Gasteiger partial charge on any atom is -0.349 e. The monoisotopic (exact) mass is 317 g/mol. The number of aryl methyl sites for hydroxylation is 1. The van der Waals surface area contributed by atoms with Gasteiger partial charge in [0, 0.05) is 17.6 Å². The molecule has 0 saturated heterocycles. The predicted molar refractivity (Wildman–Crippen MR) is 87.1 cm³/mol. The SMILES string of the molecule is Cc1cccc(C(=O)NC2C3CCCC2CC(N)C3)c1[N+](=O)[O-]. The van der Waals surface area contributed by atoms with Gasteiger partial charge in [-0.25, -0.2) is 0 Å². The van der Waals surface area contributed by atoms with E-state index >= 15 is 0 Å². The fourth-order valence-electron chi connectivity index (χ4n) is 4.34. The maximum absolute atomic E-state index is 12.7. The summed E-state index contributed by atoms with van der Waals surface area (Å²) in [6, 6.07) is 5.19. The summed E-state index contributed by atoms with van der Waals surface area (Å²) in [5, 5.41) is 14.4. The van der Waals surface area contributed by atoms with Gasteiger partial charge in [-0.05, 0) is 50.5 Å². The summed E-state index contributed by atoms with van der Waals surface area (Å²) in [4.78, 5) is 23.5. The lowest BCUT2D eigenvalue weighted by molar-refractivity contribution is -0.385. The van der Waals surface area contributed by atoms with Crippen molar-refractivity contribution in [3.05, 3.63) is 39.4 Å². The van der Waals surface area contributed by atoms with Gasteiger partial charge in [0.05, 0.1) is 4.92 Å². The third-order valence-corrected chi connectivity index (χ3v) is 5.34. The summed E-state index contributed by atoms with van der Waals surface area (Å²) in [7, 11) is 0. The van der Waals surface area contributed by atoms with E-state index in [1.807, 2.05) is 0 Å². The molecule has 2 saturated carbocycles. The first kappa shape index (κ1) is 15.9. The summed E-state index contributed by atoms with van der Waals surface area (Å²) in [6.45, 7) is 1.66. The van der Waals surface area contributed by atoms with Crippen LogP contribution in [0.15, 0.2) is 18.2 Å². The van der Waals surface area contributed by atoms with Gasteiger partial charge >= 0.3 is 0 Å². The molecular weight excluding hydrogens is 294 g/mol. The Bertz CT molecular complexity index is 618. The lowest BCUT2D eigenvalue weighted by atomic mass is 9.67. The van der Waals surface area contributed by atoms with Crippen LogP contribution in [0.2, 0.25) is 0 Å². The first-order valence-electron chi connectivity index (χ1n) is 8.28. The number of hydrogen-bond donors (Lipinski definition) is 2. The van der Waals surface area contributed by atoms with Crippen LogP contribution in [0, 0.1) is 28.9 Å². The number of nitro benzene ring substituents is 1. The second-order valence-corrected chi connectivity index (χ2v) is 6.91. The molecule has 2 fully saturated rings. The fourth-order valence-corrected chi connectivity index (χ4v) is 4.34. The van der Waals surface area contributed by atoms with Crippen molar-refractivity contribution in [3.63, 3.8) is 0 Å². The number of rotatable bonds is 3. The van der Waals surface area contributed by atoms with Crippen LogP contribution in [0.3, 0.4) is 0 Å². The standard InChI is InChI=1S/C17H23N3O3/c1-10-4-2-7-14(16(10)20(22)23)17(21)19-15-11-5-3-6-12(15)9-13(18)8-11/h2,4,7,11-13,15H,3,5-6,8-9,18H2,1H3,(H,19,21). The average Bonchev–Trinajstić information content (AvgIpc) is 2.47. The van der Waals surface area contributed by atoms with Gasteiger partial charge in [0.1, 0.15) is 5.56 Å². The first-order valence-corrected chi connectivity index (χ1v) is 8.28. The van der Waals surface area contributed by atoms with Crippen LogP contribution >= 0.6 is 0 Å². The minimum atomic E-state index is -0.470. The van der Waals surface area contributed by atoms with Gasteiger partial charge in [0.15, 0.2) is 0 Å². The van der Waals surface area contributed by atoms with Crippen LogP contribution in [-0.2, 0) is 0 Å². The van der Waals surface area contributed by atoms with Crippen molar-refractivity contribution in [2.24, 2.45) is 17.6 Å². The number of amides is 1. The van der Waals surface area contributed by atoms with Gasteiger partial charge in [-0.3, -0.25) is 14.9 Å². The lowest BCUT2D eigenvalue weighted by Crippen LogP contribution is -2.53. The molecule has 2 atom stereocenters. The molecule has 0 heterocycles. The number of para-hydroxylation sites is 1. The number of benzene rings is 1. The van der Waals surface area contributed by atoms with Crippen molar-refractivity contribution in [3.8, 4) is 0 Å². The van der Waals surface area contributed by atoms with Crippen LogP contribution in [0.25, 0.3) is 0 Å². The lowest BCUT2D eigenvalue weighted by Gasteiger charge is -2.45. The molecule has 2 aliphatic rings. The van der Waals surface area contributed by atoms with Crippen LogP contribution in [0.4, 0.5) is 5.69 Å². The second kappa shape index (κ2) is 6.28. The van der Waals surface area contributed by atoms with E-state index in [1.54, 1.807) is 19.1 Å². The van der Waals surface area contributed by atoms with Crippen LogP contribution < -0.4 is 11.1 Å². The molecule has 1 aromatic carbocycles. The maximum Gasteiger partial charge on any atom is 0.285 e. The highest BCUT2D eigenvalue weighted by molar-refractivity contribution is 5.98. The van der Waals surface area contributed by atoms with Crippen molar-refractivity contribution in [2.45, 2.75) is 51.1 Å². The summed E-state index contributed by atoms with van der Waals surface area (Å²) in [5.41, 5.74) is 6.68. The Morgan fingerprint density at radius 3 is 2.57 bits per heavy atom. The molecule has 0 aromatic heterocycles. The average molecular weight is 317 g/mol. The van der Waals surface area contributed by atoms with Crippen molar-refractivity contribution >= 4 is 11.6 Å². The first-order chi connectivity index (χ1) is 11.0. The van der Waals surface area contributed by atoms with Crippen molar-refractivity contribution in [1.29, 1.82) is 0 Å². The molecule has 2 unspecified atom stereocenters. The van der Waals surface area contributed by atoms with Crippen molar-refractivity contribution in [2.75, 3.05) is 0 Å². The number of fused-ring (bicyclic) bond motifs is 2. The Hall–Kier alpha value is -1.95. The Balaban J connectivity index is 1.83. The van der Waals surface area contributed by atoms with Crippen LogP contribution in [0.1, 0.15) is 48.0 Å². The summed E-state index contributed by atoms with van der Waals surface area (Å²) in [5.74, 6) is 0.452. The highest BCUT2D eigenvalue weighted by Gasteiger charge is 2.40. The minimum absolute atomic E-state index is 0.0937. The van der Waals surface area contributed by atoms with E-state index in [2.05, 4.69) is 5.32 Å². The van der Waals surface area contributed by atoms with Crippen LogP contribution in [-0.4, -0.2) is 22.9 Å². The quantitative estimate of drug-likeness (QED) is 0.661. The Morgan fingerprint density at radius 2 is 1.96 bits per heavy atom. The van der Waals surface area contributed by atoms with Gasteiger partial charge in [-0.15, -0.1) is 0 Å². The van der Waals surface area contributed by atoms with Gasteiger partial charge in [-0.1, -0.05) is 18.6 Å². The Morgan fingerprint density at radius 1 is 1.30 bits per heavy atom. The highest BCUT2D eigenvalue weighted by atomic mass is 16.6. The van der Waals surface area contributed by atoms with E-state index in [9.17, 15) is 14.9 Å². The molecule has 124 valence electrons. The number of nitrogens with two attached hydrogens (primary N) is 1. The number of nitro groups is 1. The molecule has 3 N–H and O–H groups in total. The molecule has 23 heavy (non-hydrogen) atoms. The molecule has 3 rings (SSSR count). The molecule has 1 amide bonds. The smallest absolute Gasteiger partial charge is 0.285 e.